The van der Waals surface area contributed by atoms with Crippen molar-refractivity contribution in [1.29, 1.82) is 0 Å². The maximum atomic E-state index is 13.1. The predicted molar refractivity (Wildman–Crippen MR) is 121 cm³/mol. The number of carbonyl (C=O) groups is 2. The van der Waals surface area contributed by atoms with Gasteiger partial charge in [0.15, 0.2) is 0 Å². The van der Waals surface area contributed by atoms with Crippen LogP contribution in [0.15, 0.2) is 78.9 Å². The molecule has 1 aliphatic rings. The largest absolute Gasteiger partial charge is 0.416 e. The van der Waals surface area contributed by atoms with E-state index in [4.69, 9.17) is 0 Å². The molecule has 0 saturated carbocycles. The number of hydrogen-bond donors (Lipinski definition) is 0. The molecule has 0 saturated heterocycles. The lowest BCUT2D eigenvalue weighted by molar-refractivity contribution is -0.137. The quantitative estimate of drug-likeness (QED) is 0.329. The van der Waals surface area contributed by atoms with E-state index in [9.17, 15) is 22.8 Å². The highest BCUT2D eigenvalue weighted by Crippen LogP contribution is 2.31. The van der Waals surface area contributed by atoms with Crippen molar-refractivity contribution in [2.45, 2.75) is 6.18 Å². The van der Waals surface area contributed by atoms with Gasteiger partial charge in [0.1, 0.15) is 11.4 Å². The summed E-state index contributed by atoms with van der Waals surface area (Å²) in [7, 11) is 0. The van der Waals surface area contributed by atoms with Crippen molar-refractivity contribution >= 4 is 23.7 Å². The Morgan fingerprint density at radius 1 is 0.647 bits per heavy atom. The summed E-state index contributed by atoms with van der Waals surface area (Å²) in [6.45, 7) is 0. The number of benzene rings is 3. The Bertz CT molecular complexity index is 1480. The van der Waals surface area contributed by atoms with Gasteiger partial charge in [0.05, 0.1) is 17.0 Å². The number of hydrogen-bond acceptors (Lipinski definition) is 4. The molecule has 0 unspecified atom stereocenters. The van der Waals surface area contributed by atoms with Crippen LogP contribution < -0.4 is 0 Å². The first kappa shape index (κ1) is 21.5. The summed E-state index contributed by atoms with van der Waals surface area (Å²) in [5.41, 5.74) is 1.19. The molecule has 0 bridgehead atoms. The summed E-state index contributed by atoms with van der Waals surface area (Å²) < 4.78 is 39.3. The van der Waals surface area contributed by atoms with Crippen LogP contribution in [0.1, 0.15) is 48.9 Å². The Labute approximate surface area is 192 Å². The van der Waals surface area contributed by atoms with Crippen LogP contribution in [-0.2, 0) is 6.18 Å². The fraction of sp³-hybridized carbons (Fsp3) is 0.0370. The van der Waals surface area contributed by atoms with E-state index >= 15 is 0 Å². The van der Waals surface area contributed by atoms with Crippen molar-refractivity contribution in [2.24, 2.45) is 0 Å². The molecule has 166 valence electrons. The van der Waals surface area contributed by atoms with Crippen LogP contribution in [0.4, 0.5) is 13.2 Å². The van der Waals surface area contributed by atoms with E-state index in [2.05, 4.69) is 9.97 Å². The molecule has 34 heavy (non-hydrogen) atoms. The zero-order valence-corrected chi connectivity index (χ0v) is 17.5. The zero-order chi connectivity index (χ0) is 23.9. The summed E-state index contributed by atoms with van der Waals surface area (Å²) in [4.78, 5) is 35.1. The molecule has 4 aromatic rings. The zero-order valence-electron chi connectivity index (χ0n) is 17.5. The second kappa shape index (κ2) is 8.19. The first-order valence-electron chi connectivity index (χ1n) is 10.3. The minimum Gasteiger partial charge on any atom is -0.287 e. The summed E-state index contributed by atoms with van der Waals surface area (Å²) in [6, 6.07) is 20.3. The van der Waals surface area contributed by atoms with E-state index in [1.54, 1.807) is 48.5 Å². The second-order valence-corrected chi connectivity index (χ2v) is 7.68. The number of alkyl halides is 3. The van der Waals surface area contributed by atoms with Crippen molar-refractivity contribution in [1.82, 2.24) is 9.97 Å². The standard InChI is InChI=1S/C27H15F3N2O2/c28-27(29,30)18-10-6-7-16(15-18)13-14-21-22(17-8-2-1-3-9-17)32-24-23(31-21)25(33)19-11-4-5-12-20(19)26(24)34/h1-15H/b14-13+. The van der Waals surface area contributed by atoms with Crippen LogP contribution in [0.3, 0.4) is 0 Å². The molecular weight excluding hydrogens is 441 g/mol. The van der Waals surface area contributed by atoms with Gasteiger partial charge in [0.2, 0.25) is 11.6 Å². The maximum absolute atomic E-state index is 13.1. The van der Waals surface area contributed by atoms with E-state index in [0.29, 0.717) is 16.8 Å². The van der Waals surface area contributed by atoms with Gasteiger partial charge in [0, 0.05) is 16.7 Å². The molecule has 1 aliphatic carbocycles. The number of halogens is 3. The van der Waals surface area contributed by atoms with Crippen LogP contribution in [0.2, 0.25) is 0 Å². The van der Waals surface area contributed by atoms with Crippen molar-refractivity contribution in [3.8, 4) is 11.3 Å². The van der Waals surface area contributed by atoms with Gasteiger partial charge in [-0.3, -0.25) is 9.59 Å². The number of aromatic nitrogens is 2. The fourth-order valence-corrected chi connectivity index (χ4v) is 3.82. The predicted octanol–water partition coefficient (Wildman–Crippen LogP) is 6.11. The Kier molecular flexibility index (Phi) is 5.17. The molecule has 7 heteroatoms. The maximum Gasteiger partial charge on any atom is 0.416 e. The molecule has 0 amide bonds. The third kappa shape index (κ3) is 3.81. The molecule has 0 fully saturated rings. The van der Waals surface area contributed by atoms with E-state index in [-0.39, 0.29) is 28.2 Å². The summed E-state index contributed by atoms with van der Waals surface area (Å²) in [5.74, 6) is -0.825. The van der Waals surface area contributed by atoms with Gasteiger partial charge in [-0.05, 0) is 23.8 Å². The average molecular weight is 456 g/mol. The van der Waals surface area contributed by atoms with E-state index in [1.807, 2.05) is 6.07 Å². The van der Waals surface area contributed by atoms with Crippen LogP contribution in [-0.4, -0.2) is 21.5 Å². The highest BCUT2D eigenvalue weighted by Gasteiger charge is 2.33. The number of fused-ring (bicyclic) bond motifs is 2. The number of rotatable bonds is 3. The Balaban J connectivity index is 1.66. The lowest BCUT2D eigenvalue weighted by Gasteiger charge is -2.18. The van der Waals surface area contributed by atoms with E-state index in [0.717, 1.165) is 12.1 Å². The molecule has 4 nitrogen and oxygen atoms in total. The number of ketones is 2. The van der Waals surface area contributed by atoms with Gasteiger partial charge in [-0.2, -0.15) is 13.2 Å². The normalized spacial score (nSPS) is 13.1. The molecule has 0 spiro atoms. The van der Waals surface area contributed by atoms with Crippen LogP contribution >= 0.6 is 0 Å². The van der Waals surface area contributed by atoms with Crippen molar-refractivity contribution < 1.29 is 22.8 Å². The smallest absolute Gasteiger partial charge is 0.287 e. The Morgan fingerprint density at radius 3 is 1.91 bits per heavy atom. The molecular formula is C27H15F3N2O2. The number of nitrogens with zero attached hydrogens (tertiary/aromatic N) is 2. The minimum absolute atomic E-state index is 0.0428. The van der Waals surface area contributed by atoms with E-state index in [1.165, 1.54) is 24.3 Å². The molecule has 0 N–H and O–H groups in total. The molecule has 0 atom stereocenters. The van der Waals surface area contributed by atoms with Gasteiger partial charge in [0.25, 0.3) is 0 Å². The Hall–Kier alpha value is -4.39. The van der Waals surface area contributed by atoms with Gasteiger partial charge in [-0.1, -0.05) is 72.8 Å². The number of carbonyl (C=O) groups excluding carboxylic acids is 2. The van der Waals surface area contributed by atoms with Crippen LogP contribution in [0.5, 0.6) is 0 Å². The topological polar surface area (TPSA) is 59.9 Å². The SMILES string of the molecule is O=C1c2ccccc2C(=O)c2nc(-c3ccccc3)c(/C=C/c3cccc(C(F)(F)F)c3)nc21. The molecule has 1 heterocycles. The van der Waals surface area contributed by atoms with E-state index < -0.39 is 23.3 Å². The fourth-order valence-electron chi connectivity index (χ4n) is 3.82. The third-order valence-electron chi connectivity index (χ3n) is 5.46. The lowest BCUT2D eigenvalue weighted by Crippen LogP contribution is -2.24. The molecule has 3 aromatic carbocycles. The van der Waals surface area contributed by atoms with Crippen molar-refractivity contribution in [3.05, 3.63) is 118 Å². The summed E-state index contributed by atoms with van der Waals surface area (Å²) >= 11 is 0. The minimum atomic E-state index is -4.47. The monoisotopic (exact) mass is 456 g/mol. The third-order valence-corrected chi connectivity index (χ3v) is 5.46. The first-order valence-corrected chi connectivity index (χ1v) is 10.3. The second-order valence-electron chi connectivity index (χ2n) is 7.68. The molecule has 0 radical (unpaired) electrons. The van der Waals surface area contributed by atoms with Gasteiger partial charge < -0.3 is 0 Å². The van der Waals surface area contributed by atoms with Crippen molar-refractivity contribution in [3.63, 3.8) is 0 Å². The first-order chi connectivity index (χ1) is 16.3. The van der Waals surface area contributed by atoms with Crippen LogP contribution in [0, 0.1) is 0 Å². The van der Waals surface area contributed by atoms with Gasteiger partial charge in [-0.25, -0.2) is 9.97 Å². The summed E-state index contributed by atoms with van der Waals surface area (Å²) in [6.07, 6.45) is -1.49. The highest BCUT2D eigenvalue weighted by molar-refractivity contribution is 6.27. The highest BCUT2D eigenvalue weighted by atomic mass is 19.4. The van der Waals surface area contributed by atoms with Crippen LogP contribution in [0.25, 0.3) is 23.4 Å². The molecule has 1 aromatic heterocycles. The molecule has 5 rings (SSSR count). The average Bonchev–Trinajstić information content (AvgIpc) is 2.86. The van der Waals surface area contributed by atoms with Crippen molar-refractivity contribution in [2.75, 3.05) is 0 Å². The van der Waals surface area contributed by atoms with Gasteiger partial charge in [-0.15, -0.1) is 0 Å². The lowest BCUT2D eigenvalue weighted by atomic mass is 9.89. The summed E-state index contributed by atoms with van der Waals surface area (Å²) in [5, 5.41) is 0. The molecule has 0 aliphatic heterocycles. The Morgan fingerprint density at radius 2 is 1.26 bits per heavy atom. The van der Waals surface area contributed by atoms with Gasteiger partial charge >= 0.3 is 6.18 Å².